The third-order valence-electron chi connectivity index (χ3n) is 3.55. The van der Waals surface area contributed by atoms with E-state index >= 15 is 0 Å². The Hall–Kier alpha value is 0. The first kappa shape index (κ1) is 12.0. The molecule has 0 aromatic rings. The van der Waals surface area contributed by atoms with Crippen LogP contribution in [0.1, 0.15) is 66.7 Å². The maximum atomic E-state index is 2.44. The molecule has 0 aromatic heterocycles. The van der Waals surface area contributed by atoms with Gasteiger partial charge in [-0.15, -0.1) is 0 Å². The molecule has 74 valence electrons. The Morgan fingerprint density at radius 2 is 1.67 bits per heavy atom. The number of hydrogen-bond acceptors (Lipinski definition) is 0. The molecule has 0 fully saturated rings. The smallest absolute Gasteiger partial charge is 0.0305 e. The Morgan fingerprint density at radius 3 is 2.00 bits per heavy atom. The molecule has 12 heavy (non-hydrogen) atoms. The third-order valence-corrected chi connectivity index (χ3v) is 3.55. The first-order valence-electron chi connectivity index (χ1n) is 5.56. The van der Waals surface area contributed by atoms with Crippen LogP contribution in [-0.2, 0) is 0 Å². The molecule has 0 spiro atoms. The summed E-state index contributed by atoms with van der Waals surface area (Å²) in [6.07, 6.45) is 6.91. The Bertz CT molecular complexity index is 105. The minimum atomic E-state index is 0.592. The molecule has 0 radical (unpaired) electrons. The van der Waals surface area contributed by atoms with Crippen molar-refractivity contribution in [2.45, 2.75) is 66.7 Å². The van der Waals surface area contributed by atoms with Crippen LogP contribution in [0.5, 0.6) is 0 Å². The zero-order valence-corrected chi connectivity index (χ0v) is 9.61. The van der Waals surface area contributed by atoms with E-state index in [0.29, 0.717) is 5.41 Å². The zero-order valence-electron chi connectivity index (χ0n) is 9.61. The number of hydrogen-bond donors (Lipinski definition) is 0. The van der Waals surface area contributed by atoms with E-state index in [1.807, 2.05) is 0 Å². The average Bonchev–Trinajstić information content (AvgIpc) is 2.04. The molecule has 0 heterocycles. The van der Waals surface area contributed by atoms with Gasteiger partial charge < -0.3 is 0 Å². The molecular weight excluding hydrogens is 144 g/mol. The summed E-state index contributed by atoms with van der Waals surface area (Å²) in [5.74, 6) is 0.833. The fraction of sp³-hybridized carbons (Fsp3) is 1.00. The monoisotopic (exact) mass is 170 g/mol. The fourth-order valence-electron chi connectivity index (χ4n) is 1.65. The van der Waals surface area contributed by atoms with E-state index in [0.717, 1.165) is 5.92 Å². The van der Waals surface area contributed by atoms with Gasteiger partial charge in [0.25, 0.3) is 0 Å². The minimum Gasteiger partial charge on any atom is -0.0654 e. The highest BCUT2D eigenvalue weighted by Crippen LogP contribution is 2.36. The highest BCUT2D eigenvalue weighted by molar-refractivity contribution is 4.75. The fourth-order valence-corrected chi connectivity index (χ4v) is 1.65. The molecule has 0 aliphatic heterocycles. The molecule has 1 atom stereocenters. The topological polar surface area (TPSA) is 0 Å². The van der Waals surface area contributed by atoms with Gasteiger partial charge in [-0.3, -0.25) is 0 Å². The van der Waals surface area contributed by atoms with Gasteiger partial charge in [0.15, 0.2) is 0 Å². The Morgan fingerprint density at radius 1 is 1.08 bits per heavy atom. The van der Waals surface area contributed by atoms with Gasteiger partial charge in [0.1, 0.15) is 0 Å². The van der Waals surface area contributed by atoms with E-state index in [2.05, 4.69) is 34.6 Å². The lowest BCUT2D eigenvalue weighted by molar-refractivity contribution is 0.184. The summed E-state index contributed by atoms with van der Waals surface area (Å²) >= 11 is 0. The van der Waals surface area contributed by atoms with Crippen LogP contribution in [0.3, 0.4) is 0 Å². The maximum absolute atomic E-state index is 2.44. The molecular formula is C12H26. The normalized spacial score (nSPS) is 16.5. The second kappa shape index (κ2) is 5.61. The number of rotatable bonds is 6. The first-order chi connectivity index (χ1) is 5.56. The molecule has 1 unspecified atom stereocenters. The highest BCUT2D eigenvalue weighted by atomic mass is 14.3. The van der Waals surface area contributed by atoms with Gasteiger partial charge in [-0.2, -0.15) is 0 Å². The van der Waals surface area contributed by atoms with Crippen LogP contribution >= 0.6 is 0 Å². The van der Waals surface area contributed by atoms with Crippen LogP contribution < -0.4 is 0 Å². The van der Waals surface area contributed by atoms with E-state index in [1.54, 1.807) is 0 Å². The molecule has 0 heteroatoms. The molecule has 0 rings (SSSR count). The molecule has 0 amide bonds. The maximum Gasteiger partial charge on any atom is -0.0305 e. The van der Waals surface area contributed by atoms with Crippen molar-refractivity contribution in [3.63, 3.8) is 0 Å². The van der Waals surface area contributed by atoms with Crippen molar-refractivity contribution in [3.05, 3.63) is 0 Å². The SMILES string of the molecule is CCCCCC(C)(CC)C(C)C. The van der Waals surface area contributed by atoms with E-state index in [9.17, 15) is 0 Å². The summed E-state index contributed by atoms with van der Waals surface area (Å²) in [6.45, 7) is 11.8. The van der Waals surface area contributed by atoms with Crippen molar-refractivity contribution in [2.75, 3.05) is 0 Å². The molecule has 0 bridgehead atoms. The number of unbranched alkanes of at least 4 members (excludes halogenated alkanes) is 2. The van der Waals surface area contributed by atoms with E-state index in [4.69, 9.17) is 0 Å². The lowest BCUT2D eigenvalue weighted by atomic mass is 9.73. The molecule has 0 saturated heterocycles. The summed E-state index contributed by atoms with van der Waals surface area (Å²) in [6, 6.07) is 0. The molecule has 0 nitrogen and oxygen atoms in total. The van der Waals surface area contributed by atoms with Crippen molar-refractivity contribution in [3.8, 4) is 0 Å². The molecule has 0 saturated carbocycles. The van der Waals surface area contributed by atoms with Gasteiger partial charge >= 0.3 is 0 Å². The van der Waals surface area contributed by atoms with Crippen LogP contribution in [0.2, 0.25) is 0 Å². The molecule has 0 N–H and O–H groups in total. The second-order valence-electron chi connectivity index (χ2n) is 4.62. The Balaban J connectivity index is 3.80. The molecule has 0 aliphatic carbocycles. The van der Waals surface area contributed by atoms with Crippen molar-refractivity contribution in [2.24, 2.45) is 11.3 Å². The van der Waals surface area contributed by atoms with E-state index in [1.165, 1.54) is 32.1 Å². The molecule has 0 aromatic carbocycles. The van der Waals surface area contributed by atoms with Crippen molar-refractivity contribution in [1.29, 1.82) is 0 Å². The Labute approximate surface area is 78.8 Å². The van der Waals surface area contributed by atoms with Gasteiger partial charge in [-0.25, -0.2) is 0 Å². The van der Waals surface area contributed by atoms with Gasteiger partial charge in [0, 0.05) is 0 Å². The second-order valence-corrected chi connectivity index (χ2v) is 4.62. The van der Waals surface area contributed by atoms with Crippen LogP contribution in [0.4, 0.5) is 0 Å². The van der Waals surface area contributed by atoms with E-state index < -0.39 is 0 Å². The van der Waals surface area contributed by atoms with Crippen LogP contribution in [0.25, 0.3) is 0 Å². The van der Waals surface area contributed by atoms with Crippen molar-refractivity contribution >= 4 is 0 Å². The Kier molecular flexibility index (Phi) is 5.61. The summed E-state index contributed by atoms with van der Waals surface area (Å²) in [5, 5.41) is 0. The summed E-state index contributed by atoms with van der Waals surface area (Å²) in [5.41, 5.74) is 0.592. The van der Waals surface area contributed by atoms with Crippen LogP contribution in [0.15, 0.2) is 0 Å². The lowest BCUT2D eigenvalue weighted by Gasteiger charge is -2.32. The van der Waals surface area contributed by atoms with E-state index in [-0.39, 0.29) is 0 Å². The van der Waals surface area contributed by atoms with Crippen LogP contribution in [-0.4, -0.2) is 0 Å². The average molecular weight is 170 g/mol. The quantitative estimate of drug-likeness (QED) is 0.509. The van der Waals surface area contributed by atoms with Gasteiger partial charge in [0.05, 0.1) is 0 Å². The zero-order chi connectivity index (χ0) is 9.61. The lowest BCUT2D eigenvalue weighted by Crippen LogP contribution is -2.22. The van der Waals surface area contributed by atoms with Crippen molar-refractivity contribution in [1.82, 2.24) is 0 Å². The predicted molar refractivity (Wildman–Crippen MR) is 57.4 cm³/mol. The largest absolute Gasteiger partial charge is 0.0654 e. The van der Waals surface area contributed by atoms with Gasteiger partial charge in [-0.1, -0.05) is 60.3 Å². The minimum absolute atomic E-state index is 0.592. The standard InChI is InChI=1S/C12H26/c1-6-8-9-10-12(5,7-2)11(3)4/h11H,6-10H2,1-5H3. The predicted octanol–water partition coefficient (Wildman–Crippen LogP) is 4.64. The van der Waals surface area contributed by atoms with Gasteiger partial charge in [0.2, 0.25) is 0 Å². The summed E-state index contributed by atoms with van der Waals surface area (Å²) in [4.78, 5) is 0. The van der Waals surface area contributed by atoms with Gasteiger partial charge in [-0.05, 0) is 17.8 Å². The molecule has 0 aliphatic rings. The van der Waals surface area contributed by atoms with Crippen molar-refractivity contribution < 1.29 is 0 Å². The van der Waals surface area contributed by atoms with Crippen LogP contribution in [0, 0.1) is 11.3 Å². The summed E-state index contributed by atoms with van der Waals surface area (Å²) < 4.78 is 0. The summed E-state index contributed by atoms with van der Waals surface area (Å²) in [7, 11) is 0. The first-order valence-corrected chi connectivity index (χ1v) is 5.56. The third kappa shape index (κ3) is 3.60. The highest BCUT2D eigenvalue weighted by Gasteiger charge is 2.24.